The molecule has 1 aromatic heterocycles. The Labute approximate surface area is 138 Å². The van der Waals surface area contributed by atoms with Crippen molar-refractivity contribution in [2.24, 2.45) is 0 Å². The molecule has 0 unspecified atom stereocenters. The summed E-state index contributed by atoms with van der Waals surface area (Å²) in [7, 11) is 0. The Hall–Kier alpha value is -0.900. The largest absolute Gasteiger partial charge is 0.349 e. The van der Waals surface area contributed by atoms with Gasteiger partial charge in [0.15, 0.2) is 0 Å². The standard InChI is InChI=1S/C18H30N2OS/c1-2-16-17(22-14-19-16)18(21)20-15-12-10-8-6-4-3-5-7-9-11-13-15/h14-15H,2-13H2,1H3,(H,20,21). The Kier molecular flexibility index (Phi) is 7.92. The molecule has 1 amide bonds. The van der Waals surface area contributed by atoms with Gasteiger partial charge >= 0.3 is 0 Å². The van der Waals surface area contributed by atoms with E-state index in [1.165, 1.54) is 69.1 Å². The maximum Gasteiger partial charge on any atom is 0.263 e. The minimum atomic E-state index is 0.0939. The van der Waals surface area contributed by atoms with Crippen LogP contribution in [0, 0.1) is 0 Å². The zero-order valence-corrected chi connectivity index (χ0v) is 14.7. The van der Waals surface area contributed by atoms with Gasteiger partial charge in [-0.15, -0.1) is 11.3 Å². The van der Waals surface area contributed by atoms with Crippen molar-refractivity contribution >= 4 is 17.2 Å². The van der Waals surface area contributed by atoms with E-state index in [1.807, 2.05) is 0 Å². The normalized spacial score (nSPS) is 19.1. The number of aromatic nitrogens is 1. The molecule has 1 fully saturated rings. The van der Waals surface area contributed by atoms with Crippen LogP contribution >= 0.6 is 11.3 Å². The molecule has 0 aliphatic heterocycles. The summed E-state index contributed by atoms with van der Waals surface area (Å²) in [5, 5.41) is 3.28. The molecule has 0 bridgehead atoms. The van der Waals surface area contributed by atoms with Crippen LogP contribution in [0.5, 0.6) is 0 Å². The zero-order chi connectivity index (χ0) is 15.6. The lowest BCUT2D eigenvalue weighted by Crippen LogP contribution is -2.35. The number of carbonyl (C=O) groups is 1. The molecule has 0 saturated heterocycles. The number of carbonyl (C=O) groups excluding carboxylic acids is 1. The number of aryl methyl sites for hydroxylation is 1. The summed E-state index contributed by atoms with van der Waals surface area (Å²) in [6.45, 7) is 2.06. The molecule has 1 N–H and O–H groups in total. The molecule has 0 radical (unpaired) electrons. The summed E-state index contributed by atoms with van der Waals surface area (Å²) < 4.78 is 0. The number of thiazole rings is 1. The minimum absolute atomic E-state index is 0.0939. The highest BCUT2D eigenvalue weighted by Gasteiger charge is 2.17. The second kappa shape index (κ2) is 9.98. The van der Waals surface area contributed by atoms with Gasteiger partial charge in [-0.05, 0) is 19.3 Å². The molecule has 22 heavy (non-hydrogen) atoms. The van der Waals surface area contributed by atoms with Crippen LogP contribution in [0.1, 0.15) is 92.9 Å². The van der Waals surface area contributed by atoms with Crippen LogP contribution in [-0.2, 0) is 6.42 Å². The van der Waals surface area contributed by atoms with E-state index in [2.05, 4.69) is 17.2 Å². The predicted molar refractivity (Wildman–Crippen MR) is 93.5 cm³/mol. The van der Waals surface area contributed by atoms with Crippen molar-refractivity contribution in [3.8, 4) is 0 Å². The Balaban J connectivity index is 1.87. The number of amides is 1. The molecular formula is C18H30N2OS. The predicted octanol–water partition coefficient (Wildman–Crippen LogP) is 5.11. The van der Waals surface area contributed by atoms with Crippen LogP contribution in [0.15, 0.2) is 5.51 Å². The molecule has 4 heteroatoms. The third-order valence-electron chi connectivity index (χ3n) is 4.62. The Morgan fingerprint density at radius 3 is 2.18 bits per heavy atom. The van der Waals surface area contributed by atoms with Gasteiger partial charge in [-0.25, -0.2) is 4.98 Å². The first kappa shape index (κ1) is 17.5. The van der Waals surface area contributed by atoms with Crippen LogP contribution in [-0.4, -0.2) is 16.9 Å². The van der Waals surface area contributed by atoms with E-state index in [9.17, 15) is 4.79 Å². The smallest absolute Gasteiger partial charge is 0.263 e. The molecule has 1 saturated carbocycles. The summed E-state index contributed by atoms with van der Waals surface area (Å²) in [5.41, 5.74) is 2.73. The van der Waals surface area contributed by atoms with E-state index in [0.29, 0.717) is 6.04 Å². The van der Waals surface area contributed by atoms with Crippen molar-refractivity contribution in [2.75, 3.05) is 0 Å². The van der Waals surface area contributed by atoms with Crippen molar-refractivity contribution in [3.63, 3.8) is 0 Å². The maximum atomic E-state index is 12.5. The summed E-state index contributed by atoms with van der Waals surface area (Å²) in [5.74, 6) is 0.0939. The third-order valence-corrected chi connectivity index (χ3v) is 5.49. The fourth-order valence-corrected chi connectivity index (χ4v) is 4.05. The van der Waals surface area contributed by atoms with E-state index in [1.54, 1.807) is 5.51 Å². The molecular weight excluding hydrogens is 292 g/mol. The van der Waals surface area contributed by atoms with Gasteiger partial charge in [0.05, 0.1) is 11.2 Å². The fraction of sp³-hybridized carbons (Fsp3) is 0.778. The molecule has 1 aliphatic rings. The summed E-state index contributed by atoms with van der Waals surface area (Å²) in [6, 6.07) is 0.346. The number of nitrogens with one attached hydrogen (secondary N) is 1. The average Bonchev–Trinajstić information content (AvgIpc) is 2.98. The van der Waals surface area contributed by atoms with E-state index in [4.69, 9.17) is 0 Å². The molecule has 1 aromatic rings. The lowest BCUT2D eigenvalue weighted by atomic mass is 9.98. The van der Waals surface area contributed by atoms with Crippen LogP contribution in [0.2, 0.25) is 0 Å². The van der Waals surface area contributed by atoms with Gasteiger partial charge in [0.25, 0.3) is 5.91 Å². The van der Waals surface area contributed by atoms with E-state index >= 15 is 0 Å². The van der Waals surface area contributed by atoms with Crippen LogP contribution in [0.4, 0.5) is 0 Å². The minimum Gasteiger partial charge on any atom is -0.349 e. The van der Waals surface area contributed by atoms with Crippen molar-refractivity contribution in [2.45, 2.75) is 90.0 Å². The van der Waals surface area contributed by atoms with Crippen molar-refractivity contribution in [1.29, 1.82) is 0 Å². The molecule has 0 spiro atoms. The lowest BCUT2D eigenvalue weighted by molar-refractivity contribution is 0.0934. The topological polar surface area (TPSA) is 42.0 Å². The van der Waals surface area contributed by atoms with Gasteiger partial charge < -0.3 is 5.32 Å². The Morgan fingerprint density at radius 2 is 1.64 bits per heavy atom. The van der Waals surface area contributed by atoms with Gasteiger partial charge in [0, 0.05) is 6.04 Å². The summed E-state index contributed by atoms with van der Waals surface area (Å²) in [4.78, 5) is 17.6. The molecule has 1 aliphatic carbocycles. The van der Waals surface area contributed by atoms with Crippen LogP contribution in [0.3, 0.4) is 0 Å². The van der Waals surface area contributed by atoms with Gasteiger partial charge in [-0.1, -0.05) is 64.7 Å². The van der Waals surface area contributed by atoms with Gasteiger partial charge in [-0.3, -0.25) is 4.79 Å². The van der Waals surface area contributed by atoms with E-state index in [0.717, 1.165) is 29.8 Å². The van der Waals surface area contributed by atoms with Gasteiger partial charge in [0.2, 0.25) is 0 Å². The Morgan fingerprint density at radius 1 is 1.09 bits per heavy atom. The van der Waals surface area contributed by atoms with Gasteiger partial charge in [-0.2, -0.15) is 0 Å². The highest BCUT2D eigenvalue weighted by atomic mass is 32.1. The second-order valence-corrected chi connectivity index (χ2v) is 7.27. The third kappa shape index (κ3) is 5.71. The lowest BCUT2D eigenvalue weighted by Gasteiger charge is -2.19. The maximum absolute atomic E-state index is 12.5. The van der Waals surface area contributed by atoms with Crippen molar-refractivity contribution < 1.29 is 4.79 Å². The van der Waals surface area contributed by atoms with E-state index < -0.39 is 0 Å². The van der Waals surface area contributed by atoms with Crippen LogP contribution < -0.4 is 5.32 Å². The van der Waals surface area contributed by atoms with E-state index in [-0.39, 0.29) is 5.91 Å². The molecule has 0 atom stereocenters. The summed E-state index contributed by atoms with van der Waals surface area (Å²) in [6.07, 6.45) is 15.1. The Bertz CT molecular complexity index is 432. The first-order valence-corrected chi connectivity index (χ1v) is 9.92. The highest BCUT2D eigenvalue weighted by molar-refractivity contribution is 7.11. The van der Waals surface area contributed by atoms with Gasteiger partial charge in [0.1, 0.15) is 4.88 Å². The van der Waals surface area contributed by atoms with Crippen LogP contribution in [0.25, 0.3) is 0 Å². The molecule has 1 heterocycles. The summed E-state index contributed by atoms with van der Waals surface area (Å²) >= 11 is 1.47. The second-order valence-electron chi connectivity index (χ2n) is 6.41. The first-order valence-electron chi connectivity index (χ1n) is 9.04. The first-order chi connectivity index (χ1) is 10.8. The number of hydrogen-bond donors (Lipinski definition) is 1. The number of rotatable bonds is 3. The quantitative estimate of drug-likeness (QED) is 0.840. The zero-order valence-electron chi connectivity index (χ0n) is 13.9. The molecule has 124 valence electrons. The number of hydrogen-bond acceptors (Lipinski definition) is 3. The SMILES string of the molecule is CCc1ncsc1C(=O)NC1CCCCCCCCCCC1. The monoisotopic (exact) mass is 322 g/mol. The average molecular weight is 323 g/mol. The van der Waals surface area contributed by atoms with Crippen molar-refractivity contribution in [1.82, 2.24) is 10.3 Å². The highest BCUT2D eigenvalue weighted by Crippen LogP contribution is 2.19. The van der Waals surface area contributed by atoms with Crippen molar-refractivity contribution in [3.05, 3.63) is 16.1 Å². The number of nitrogens with zero attached hydrogens (tertiary/aromatic N) is 1. The molecule has 3 nitrogen and oxygen atoms in total. The molecule has 2 rings (SSSR count). The molecule has 0 aromatic carbocycles. The fourth-order valence-electron chi connectivity index (χ4n) is 3.26.